The van der Waals surface area contributed by atoms with Gasteiger partial charge in [0, 0.05) is 11.0 Å². The number of rotatable bonds is 4. The van der Waals surface area contributed by atoms with Gasteiger partial charge in [-0.15, -0.1) is 0 Å². The monoisotopic (exact) mass is 316 g/mol. The Hall–Kier alpha value is -1.23. The van der Waals surface area contributed by atoms with Crippen LogP contribution in [-0.2, 0) is 10.2 Å². The number of aryl methyl sites for hydroxylation is 1. The van der Waals surface area contributed by atoms with Crippen molar-refractivity contribution in [1.29, 1.82) is 0 Å². The summed E-state index contributed by atoms with van der Waals surface area (Å²) in [5.74, 6) is -0.578. The van der Waals surface area contributed by atoms with E-state index in [1.165, 1.54) is 7.11 Å². The van der Waals surface area contributed by atoms with E-state index >= 15 is 0 Å². The topological polar surface area (TPSA) is 66.8 Å². The van der Waals surface area contributed by atoms with E-state index in [4.69, 9.17) is 9.84 Å². The molecular formula is C13H17BrO4. The van der Waals surface area contributed by atoms with Crippen molar-refractivity contribution in [3.05, 3.63) is 21.7 Å². The summed E-state index contributed by atoms with van der Waals surface area (Å²) < 4.78 is 5.78. The lowest BCUT2D eigenvalue weighted by Crippen LogP contribution is -2.23. The van der Waals surface area contributed by atoms with Gasteiger partial charge in [0.2, 0.25) is 0 Å². The zero-order valence-electron chi connectivity index (χ0n) is 10.9. The molecule has 0 aliphatic carbocycles. The van der Waals surface area contributed by atoms with Crippen LogP contribution in [0.25, 0.3) is 0 Å². The van der Waals surface area contributed by atoms with Gasteiger partial charge in [-0.05, 0) is 34.5 Å². The molecule has 0 saturated carbocycles. The Bertz CT molecular complexity index is 480. The summed E-state index contributed by atoms with van der Waals surface area (Å²) in [5.41, 5.74) is 0.755. The summed E-state index contributed by atoms with van der Waals surface area (Å²) in [6.07, 6.45) is -0.0633. The third-order valence-electron chi connectivity index (χ3n) is 2.88. The number of carboxylic acids is 1. The first kappa shape index (κ1) is 14.8. The maximum Gasteiger partial charge on any atom is 0.304 e. The van der Waals surface area contributed by atoms with Crippen LogP contribution in [0.15, 0.2) is 10.5 Å². The van der Waals surface area contributed by atoms with Crippen LogP contribution in [0.2, 0.25) is 0 Å². The van der Waals surface area contributed by atoms with Crippen molar-refractivity contribution in [2.75, 3.05) is 7.11 Å². The molecule has 0 atom stereocenters. The smallest absolute Gasteiger partial charge is 0.304 e. The van der Waals surface area contributed by atoms with Crippen LogP contribution in [0.3, 0.4) is 0 Å². The molecule has 0 spiro atoms. The fourth-order valence-electron chi connectivity index (χ4n) is 2.26. The predicted octanol–water partition coefficient (Wildman–Crippen LogP) is 3.22. The molecule has 0 aliphatic rings. The van der Waals surface area contributed by atoms with E-state index in [9.17, 15) is 9.90 Å². The number of ether oxygens (including phenoxy) is 1. The van der Waals surface area contributed by atoms with Crippen LogP contribution in [0.5, 0.6) is 11.5 Å². The molecule has 0 aromatic heterocycles. The van der Waals surface area contributed by atoms with Crippen molar-refractivity contribution in [3.63, 3.8) is 0 Å². The highest BCUT2D eigenvalue weighted by Crippen LogP contribution is 2.45. The van der Waals surface area contributed by atoms with Crippen LogP contribution in [-0.4, -0.2) is 23.3 Å². The molecule has 1 aromatic carbocycles. The van der Waals surface area contributed by atoms with E-state index in [0.717, 1.165) is 5.56 Å². The van der Waals surface area contributed by atoms with Gasteiger partial charge in [-0.1, -0.05) is 13.8 Å². The molecule has 2 N–H and O–H groups in total. The summed E-state index contributed by atoms with van der Waals surface area (Å²) in [5, 5.41) is 19.2. The Kier molecular flexibility index (Phi) is 4.27. The van der Waals surface area contributed by atoms with E-state index in [1.54, 1.807) is 13.8 Å². The van der Waals surface area contributed by atoms with Crippen LogP contribution in [0.1, 0.15) is 31.4 Å². The maximum absolute atomic E-state index is 10.9. The van der Waals surface area contributed by atoms with Gasteiger partial charge in [0.15, 0.2) is 11.5 Å². The molecule has 4 nitrogen and oxygen atoms in total. The second-order valence-corrected chi connectivity index (χ2v) is 5.74. The normalized spacial score (nSPS) is 11.4. The lowest BCUT2D eigenvalue weighted by atomic mass is 9.78. The Balaban J connectivity index is 3.45. The second-order valence-electron chi connectivity index (χ2n) is 4.89. The summed E-state index contributed by atoms with van der Waals surface area (Å²) >= 11 is 3.31. The van der Waals surface area contributed by atoms with Crippen molar-refractivity contribution < 1.29 is 19.7 Å². The van der Waals surface area contributed by atoms with Gasteiger partial charge in [0.25, 0.3) is 0 Å². The van der Waals surface area contributed by atoms with Crippen molar-refractivity contribution >= 4 is 21.9 Å². The lowest BCUT2D eigenvalue weighted by molar-refractivity contribution is -0.138. The van der Waals surface area contributed by atoms with E-state index in [0.29, 0.717) is 15.8 Å². The zero-order valence-corrected chi connectivity index (χ0v) is 12.5. The number of phenols is 1. The van der Waals surface area contributed by atoms with Gasteiger partial charge in [-0.2, -0.15) is 0 Å². The number of halogens is 1. The molecule has 0 fully saturated rings. The second kappa shape index (κ2) is 5.18. The summed E-state index contributed by atoms with van der Waals surface area (Å²) in [6.45, 7) is 5.41. The van der Waals surface area contributed by atoms with Crippen molar-refractivity contribution in [1.82, 2.24) is 0 Å². The molecule has 1 aromatic rings. The minimum absolute atomic E-state index is 0.00405. The van der Waals surface area contributed by atoms with Crippen LogP contribution < -0.4 is 4.74 Å². The largest absolute Gasteiger partial charge is 0.504 e. The van der Waals surface area contributed by atoms with Crippen molar-refractivity contribution in [2.45, 2.75) is 32.6 Å². The molecule has 0 heterocycles. The van der Waals surface area contributed by atoms with Gasteiger partial charge in [0.1, 0.15) is 0 Å². The van der Waals surface area contributed by atoms with Crippen LogP contribution in [0, 0.1) is 6.92 Å². The third-order valence-corrected chi connectivity index (χ3v) is 3.47. The number of carbonyl (C=O) groups is 1. The van der Waals surface area contributed by atoms with E-state index in [1.807, 2.05) is 13.0 Å². The van der Waals surface area contributed by atoms with Gasteiger partial charge >= 0.3 is 5.97 Å². The lowest BCUT2D eigenvalue weighted by Gasteiger charge is -2.27. The molecule has 100 valence electrons. The van der Waals surface area contributed by atoms with E-state index < -0.39 is 11.4 Å². The maximum atomic E-state index is 10.9. The Morgan fingerprint density at radius 3 is 2.50 bits per heavy atom. The van der Waals surface area contributed by atoms with Gasteiger partial charge in [-0.3, -0.25) is 4.79 Å². The molecule has 0 saturated heterocycles. The summed E-state index contributed by atoms with van der Waals surface area (Å²) in [7, 11) is 1.46. The Labute approximate surface area is 115 Å². The fourth-order valence-corrected chi connectivity index (χ4v) is 2.95. The minimum atomic E-state index is -0.902. The SMILES string of the molecule is COc1c(Br)cc(C)c(C(C)(C)CC(=O)O)c1O. The van der Waals surface area contributed by atoms with E-state index in [-0.39, 0.29) is 12.2 Å². The first-order chi connectivity index (χ1) is 8.20. The average Bonchev–Trinajstić information content (AvgIpc) is 2.13. The standard InChI is InChI=1S/C13H17BrO4/c1-7-5-8(14)12(18-4)11(17)10(7)13(2,3)6-9(15)16/h5,17H,6H2,1-4H3,(H,15,16). The highest BCUT2D eigenvalue weighted by Gasteiger charge is 2.31. The number of aliphatic carboxylic acids is 1. The molecule has 0 unspecified atom stereocenters. The Morgan fingerprint density at radius 2 is 2.06 bits per heavy atom. The molecule has 0 radical (unpaired) electrons. The van der Waals surface area contributed by atoms with Crippen LogP contribution in [0.4, 0.5) is 0 Å². The first-order valence-electron chi connectivity index (χ1n) is 5.49. The summed E-state index contributed by atoms with van der Waals surface area (Å²) in [4.78, 5) is 10.9. The average molecular weight is 317 g/mol. The van der Waals surface area contributed by atoms with Gasteiger partial charge in [-0.25, -0.2) is 0 Å². The van der Waals surface area contributed by atoms with Crippen LogP contribution >= 0.6 is 15.9 Å². The number of phenolic OH excluding ortho intramolecular Hbond substituents is 1. The van der Waals surface area contributed by atoms with Gasteiger partial charge in [0.05, 0.1) is 18.0 Å². The highest BCUT2D eigenvalue weighted by atomic mass is 79.9. The van der Waals surface area contributed by atoms with Gasteiger partial charge < -0.3 is 14.9 Å². The van der Waals surface area contributed by atoms with Crippen molar-refractivity contribution in [2.24, 2.45) is 0 Å². The third kappa shape index (κ3) is 2.77. The first-order valence-corrected chi connectivity index (χ1v) is 6.28. The Morgan fingerprint density at radius 1 is 1.50 bits per heavy atom. The minimum Gasteiger partial charge on any atom is -0.504 e. The van der Waals surface area contributed by atoms with E-state index in [2.05, 4.69) is 15.9 Å². The molecule has 1 rings (SSSR count). The number of hydrogen-bond acceptors (Lipinski definition) is 3. The number of methoxy groups -OCH3 is 1. The molecular weight excluding hydrogens is 300 g/mol. The molecule has 0 bridgehead atoms. The van der Waals surface area contributed by atoms with Crippen molar-refractivity contribution in [3.8, 4) is 11.5 Å². The summed E-state index contributed by atoms with van der Waals surface area (Å²) in [6, 6.07) is 1.82. The number of hydrogen-bond donors (Lipinski definition) is 2. The zero-order chi connectivity index (χ0) is 14.1. The highest BCUT2D eigenvalue weighted by molar-refractivity contribution is 9.10. The molecule has 0 amide bonds. The number of benzene rings is 1. The quantitative estimate of drug-likeness (QED) is 0.895. The molecule has 5 heteroatoms. The number of aromatic hydroxyl groups is 1. The predicted molar refractivity (Wildman–Crippen MR) is 72.4 cm³/mol. The molecule has 0 aliphatic heterocycles. The fraction of sp³-hybridized carbons (Fsp3) is 0.462. The number of carboxylic acid groups (broad SMARTS) is 1. The molecule has 18 heavy (non-hydrogen) atoms.